The van der Waals surface area contributed by atoms with Crippen LogP contribution in [0.15, 0.2) is 53.4 Å². The van der Waals surface area contributed by atoms with Crippen LogP contribution in [-0.2, 0) is 16.6 Å². The fourth-order valence-corrected chi connectivity index (χ4v) is 4.28. The van der Waals surface area contributed by atoms with Crippen LogP contribution in [0.5, 0.6) is 0 Å². The van der Waals surface area contributed by atoms with E-state index in [2.05, 4.69) is 24.0 Å². The van der Waals surface area contributed by atoms with Gasteiger partial charge in [-0.25, -0.2) is 13.6 Å². The van der Waals surface area contributed by atoms with Crippen LogP contribution in [0.25, 0.3) is 0 Å². The highest BCUT2D eigenvalue weighted by atomic mass is 32.2. The molecule has 1 aliphatic heterocycles. The van der Waals surface area contributed by atoms with Crippen molar-refractivity contribution in [1.29, 1.82) is 0 Å². The third-order valence-electron chi connectivity index (χ3n) is 5.13. The van der Waals surface area contributed by atoms with E-state index in [1.165, 1.54) is 17.7 Å². The summed E-state index contributed by atoms with van der Waals surface area (Å²) in [6.45, 7) is 4.97. The van der Waals surface area contributed by atoms with Gasteiger partial charge in [-0.1, -0.05) is 30.3 Å². The third kappa shape index (κ3) is 4.67. The number of nitrogens with two attached hydrogens (primary N) is 1. The maximum absolute atomic E-state index is 12.0. The second-order valence-corrected chi connectivity index (χ2v) is 8.56. The van der Waals surface area contributed by atoms with Gasteiger partial charge in [0, 0.05) is 44.4 Å². The molecule has 1 unspecified atom stereocenters. The molecule has 9 heteroatoms. The van der Waals surface area contributed by atoms with E-state index in [4.69, 9.17) is 5.14 Å². The number of hydrogen-bond donors (Lipinski definition) is 1. The lowest BCUT2D eigenvalue weighted by molar-refractivity contribution is -0.385. The molecule has 2 N–H and O–H groups in total. The number of non-ortho nitro benzene ring substituents is 1. The van der Waals surface area contributed by atoms with Crippen LogP contribution in [0.2, 0.25) is 0 Å². The minimum atomic E-state index is -4.09. The normalized spacial score (nSPS) is 18.6. The van der Waals surface area contributed by atoms with Gasteiger partial charge in [0.05, 0.1) is 10.6 Å². The first-order valence-electron chi connectivity index (χ1n) is 9.10. The average molecular weight is 404 g/mol. The fourth-order valence-electron chi connectivity index (χ4n) is 3.51. The quantitative estimate of drug-likeness (QED) is 0.605. The van der Waals surface area contributed by atoms with Gasteiger partial charge in [0.1, 0.15) is 4.90 Å². The number of sulfonamides is 1. The average Bonchev–Trinajstić information content (AvgIpc) is 2.83. The minimum absolute atomic E-state index is 0.203. The lowest BCUT2D eigenvalue weighted by Crippen LogP contribution is -2.34. The lowest BCUT2D eigenvalue weighted by Gasteiger charge is -2.27. The molecule has 0 amide bonds. The van der Waals surface area contributed by atoms with Gasteiger partial charge in [-0.15, -0.1) is 0 Å². The molecule has 0 saturated carbocycles. The number of benzene rings is 2. The Morgan fingerprint density at radius 2 is 1.86 bits per heavy atom. The van der Waals surface area contributed by atoms with Gasteiger partial charge in [-0.3, -0.25) is 15.0 Å². The van der Waals surface area contributed by atoms with Crippen molar-refractivity contribution in [3.63, 3.8) is 0 Å². The van der Waals surface area contributed by atoms with Crippen LogP contribution in [0.1, 0.15) is 18.9 Å². The first kappa shape index (κ1) is 20.2. The summed E-state index contributed by atoms with van der Waals surface area (Å²) in [5.74, 6) is 0. The molecule has 1 heterocycles. The highest BCUT2D eigenvalue weighted by Crippen LogP contribution is 2.30. The molecule has 1 saturated heterocycles. The summed E-state index contributed by atoms with van der Waals surface area (Å²) < 4.78 is 24.1. The van der Waals surface area contributed by atoms with E-state index in [1.807, 2.05) is 23.1 Å². The van der Waals surface area contributed by atoms with Crippen LogP contribution in [-0.4, -0.2) is 43.9 Å². The molecule has 1 fully saturated rings. The van der Waals surface area contributed by atoms with Crippen molar-refractivity contribution >= 4 is 21.4 Å². The molecule has 0 aromatic heterocycles. The number of nitro benzene ring substituents is 1. The second kappa shape index (κ2) is 8.26. The summed E-state index contributed by atoms with van der Waals surface area (Å²) in [4.78, 5) is 14.5. The molecule has 0 aliphatic carbocycles. The SMILES string of the molecule is CC1CCN(c2ccc([N+](=O)[O-])cc2S(N)(=O)=O)CCN1Cc1ccccc1. The zero-order valence-electron chi connectivity index (χ0n) is 15.7. The number of hydrogen-bond acceptors (Lipinski definition) is 6. The van der Waals surface area contributed by atoms with Gasteiger partial charge in [-0.2, -0.15) is 0 Å². The number of rotatable bonds is 5. The van der Waals surface area contributed by atoms with E-state index >= 15 is 0 Å². The van der Waals surface area contributed by atoms with Crippen LogP contribution < -0.4 is 10.0 Å². The van der Waals surface area contributed by atoms with Gasteiger partial charge in [0.25, 0.3) is 5.69 Å². The molecule has 0 bridgehead atoms. The molecule has 28 heavy (non-hydrogen) atoms. The van der Waals surface area contributed by atoms with E-state index in [1.54, 1.807) is 0 Å². The van der Waals surface area contributed by atoms with Crippen molar-refractivity contribution in [2.45, 2.75) is 30.8 Å². The van der Waals surface area contributed by atoms with Crippen molar-refractivity contribution in [3.05, 3.63) is 64.2 Å². The Hall–Kier alpha value is -2.49. The highest BCUT2D eigenvalue weighted by Gasteiger charge is 2.26. The van der Waals surface area contributed by atoms with Gasteiger partial charge >= 0.3 is 0 Å². The van der Waals surface area contributed by atoms with Gasteiger partial charge < -0.3 is 4.90 Å². The highest BCUT2D eigenvalue weighted by molar-refractivity contribution is 7.89. The molecule has 0 spiro atoms. The molecule has 8 nitrogen and oxygen atoms in total. The molecule has 1 atom stereocenters. The number of primary sulfonamides is 1. The maximum Gasteiger partial charge on any atom is 0.270 e. The molecule has 0 radical (unpaired) electrons. The Kier molecular flexibility index (Phi) is 5.97. The van der Waals surface area contributed by atoms with E-state index in [0.29, 0.717) is 24.8 Å². The Morgan fingerprint density at radius 1 is 1.14 bits per heavy atom. The Labute approximate surface area is 164 Å². The topological polar surface area (TPSA) is 110 Å². The van der Waals surface area contributed by atoms with Crippen LogP contribution >= 0.6 is 0 Å². The van der Waals surface area contributed by atoms with E-state index in [9.17, 15) is 18.5 Å². The zero-order chi connectivity index (χ0) is 20.3. The number of nitro groups is 1. The summed E-state index contributed by atoms with van der Waals surface area (Å²) in [5.41, 5.74) is 1.35. The maximum atomic E-state index is 12.0. The molecule has 2 aromatic carbocycles. The van der Waals surface area contributed by atoms with Crippen molar-refractivity contribution in [1.82, 2.24) is 4.90 Å². The molecule has 3 rings (SSSR count). The predicted molar refractivity (Wildman–Crippen MR) is 108 cm³/mol. The zero-order valence-corrected chi connectivity index (χ0v) is 16.5. The van der Waals surface area contributed by atoms with E-state index in [-0.39, 0.29) is 10.6 Å². The molecule has 1 aliphatic rings. The minimum Gasteiger partial charge on any atom is -0.369 e. The van der Waals surface area contributed by atoms with Crippen molar-refractivity contribution in [2.75, 3.05) is 24.5 Å². The van der Waals surface area contributed by atoms with Gasteiger partial charge in [0.2, 0.25) is 10.0 Å². The molecular formula is C19H24N4O4S. The first-order valence-corrected chi connectivity index (χ1v) is 10.6. The summed E-state index contributed by atoms with van der Waals surface area (Å²) >= 11 is 0. The van der Waals surface area contributed by atoms with Crippen molar-refractivity contribution < 1.29 is 13.3 Å². The van der Waals surface area contributed by atoms with Crippen molar-refractivity contribution in [2.24, 2.45) is 5.14 Å². The number of nitrogens with zero attached hydrogens (tertiary/aromatic N) is 3. The Balaban J connectivity index is 1.84. The van der Waals surface area contributed by atoms with Crippen LogP contribution in [0, 0.1) is 10.1 Å². The first-order chi connectivity index (χ1) is 13.3. The van der Waals surface area contributed by atoms with Gasteiger partial charge in [0.15, 0.2) is 0 Å². The monoisotopic (exact) mass is 404 g/mol. The van der Waals surface area contributed by atoms with Crippen LogP contribution in [0.3, 0.4) is 0 Å². The Morgan fingerprint density at radius 3 is 2.50 bits per heavy atom. The van der Waals surface area contributed by atoms with E-state index in [0.717, 1.165) is 25.6 Å². The summed E-state index contributed by atoms with van der Waals surface area (Å²) in [5, 5.41) is 16.4. The summed E-state index contributed by atoms with van der Waals surface area (Å²) in [6.07, 6.45) is 0.841. The smallest absolute Gasteiger partial charge is 0.270 e. The predicted octanol–water partition coefficient (Wildman–Crippen LogP) is 2.34. The number of anilines is 1. The van der Waals surface area contributed by atoms with Gasteiger partial charge in [-0.05, 0) is 25.0 Å². The summed E-state index contributed by atoms with van der Waals surface area (Å²) in [7, 11) is -4.09. The largest absolute Gasteiger partial charge is 0.369 e. The van der Waals surface area contributed by atoms with Crippen LogP contribution in [0.4, 0.5) is 11.4 Å². The summed E-state index contributed by atoms with van der Waals surface area (Å²) in [6, 6.07) is 14.4. The Bertz CT molecular complexity index is 950. The standard InChI is InChI=1S/C19H24N4O4S/c1-15-9-10-21(11-12-22(15)14-16-5-3-2-4-6-16)18-8-7-17(23(24)25)13-19(18)28(20,26)27/h2-8,13,15H,9-12,14H2,1H3,(H2,20,26,27). The second-order valence-electron chi connectivity index (χ2n) is 7.03. The van der Waals surface area contributed by atoms with E-state index < -0.39 is 14.9 Å². The molecule has 2 aromatic rings. The fraction of sp³-hybridized carbons (Fsp3) is 0.368. The molecule has 150 valence electrons. The van der Waals surface area contributed by atoms with Crippen molar-refractivity contribution in [3.8, 4) is 0 Å². The molecular weight excluding hydrogens is 380 g/mol. The lowest BCUT2D eigenvalue weighted by atomic mass is 10.1. The third-order valence-corrected chi connectivity index (χ3v) is 6.07.